The van der Waals surface area contributed by atoms with Crippen LogP contribution in [0, 0.1) is 0 Å². The van der Waals surface area contributed by atoms with Gasteiger partial charge in [-0.1, -0.05) is 121 Å². The van der Waals surface area contributed by atoms with Gasteiger partial charge in [0.1, 0.15) is 0 Å². The molecule has 0 N–H and O–H groups in total. The highest BCUT2D eigenvalue weighted by atomic mass is 32.1. The van der Waals surface area contributed by atoms with Gasteiger partial charge in [0.15, 0.2) is 0 Å². The van der Waals surface area contributed by atoms with Crippen LogP contribution >= 0.6 is 11.3 Å². The highest BCUT2D eigenvalue weighted by molar-refractivity contribution is 7.25. The summed E-state index contributed by atoms with van der Waals surface area (Å²) < 4.78 is 4.98. The van der Waals surface area contributed by atoms with Crippen molar-refractivity contribution in [2.45, 2.75) is 0 Å². The number of hydrogen-bond donors (Lipinski definition) is 0. The zero-order chi connectivity index (χ0) is 30.5. The number of rotatable bonds is 5. The fourth-order valence-corrected chi connectivity index (χ4v) is 7.75. The second kappa shape index (κ2) is 11.0. The van der Waals surface area contributed by atoms with E-state index >= 15 is 0 Å². The third-order valence-corrected chi connectivity index (χ3v) is 10.2. The normalized spacial score (nSPS) is 11.5. The van der Waals surface area contributed by atoms with Crippen LogP contribution in [0.3, 0.4) is 0 Å². The van der Waals surface area contributed by atoms with E-state index in [2.05, 4.69) is 181 Å². The Hall–Kier alpha value is -5.70. The van der Waals surface area contributed by atoms with Crippen molar-refractivity contribution in [3.8, 4) is 50.2 Å². The molecule has 0 aliphatic carbocycles. The standard InChI is InChI=1S/C44H29NS/c1-4-10-30(11-5-1)34-18-23-42-38(26-34)41(33-14-8-3-9-15-33)29-45(42)37-21-16-32(17-22-37)36-20-25-44-40(28-36)39-27-35(19-24-43(39)46-44)31-12-6-2-7-13-31/h1-29H. The topological polar surface area (TPSA) is 4.93 Å². The third kappa shape index (κ3) is 4.63. The Morgan fingerprint density at radius 3 is 1.33 bits per heavy atom. The number of thiophene rings is 1. The van der Waals surface area contributed by atoms with E-state index in [1.54, 1.807) is 0 Å². The van der Waals surface area contributed by atoms with Crippen molar-refractivity contribution in [3.05, 3.63) is 176 Å². The molecule has 0 saturated carbocycles. The van der Waals surface area contributed by atoms with Crippen molar-refractivity contribution in [2.24, 2.45) is 0 Å². The first-order valence-corrected chi connectivity index (χ1v) is 16.5. The number of benzene rings is 7. The summed E-state index contributed by atoms with van der Waals surface area (Å²) in [5.74, 6) is 0. The molecule has 0 spiro atoms. The molecule has 46 heavy (non-hydrogen) atoms. The van der Waals surface area contributed by atoms with Crippen molar-refractivity contribution < 1.29 is 0 Å². The van der Waals surface area contributed by atoms with E-state index < -0.39 is 0 Å². The van der Waals surface area contributed by atoms with Crippen LogP contribution in [-0.4, -0.2) is 4.57 Å². The molecule has 0 atom stereocenters. The zero-order valence-corrected chi connectivity index (χ0v) is 25.9. The lowest BCUT2D eigenvalue weighted by atomic mass is 10.00. The van der Waals surface area contributed by atoms with Crippen molar-refractivity contribution in [1.29, 1.82) is 0 Å². The molecule has 1 nitrogen and oxygen atoms in total. The Labute approximate surface area is 272 Å². The molecule has 0 bridgehead atoms. The molecule has 2 heteroatoms. The molecule has 0 fully saturated rings. The van der Waals surface area contributed by atoms with Gasteiger partial charge < -0.3 is 4.57 Å². The summed E-state index contributed by atoms with van der Waals surface area (Å²) in [7, 11) is 0. The lowest BCUT2D eigenvalue weighted by Gasteiger charge is -2.09. The molecular weight excluding hydrogens is 575 g/mol. The first kappa shape index (κ1) is 26.7. The Bertz CT molecular complexity index is 2490. The average Bonchev–Trinajstić information content (AvgIpc) is 3.70. The van der Waals surface area contributed by atoms with E-state index in [0.717, 1.165) is 5.69 Å². The minimum atomic E-state index is 1.15. The third-order valence-electron chi connectivity index (χ3n) is 9.05. The summed E-state index contributed by atoms with van der Waals surface area (Å²) in [4.78, 5) is 0. The smallest absolute Gasteiger partial charge is 0.0535 e. The minimum Gasteiger partial charge on any atom is -0.316 e. The maximum Gasteiger partial charge on any atom is 0.0535 e. The van der Waals surface area contributed by atoms with Gasteiger partial charge in [-0.05, 0) is 87.5 Å². The molecule has 9 aromatic rings. The van der Waals surface area contributed by atoms with Gasteiger partial charge in [0.05, 0.1) is 5.52 Å². The fourth-order valence-electron chi connectivity index (χ4n) is 6.68. The van der Waals surface area contributed by atoms with Gasteiger partial charge in [0.25, 0.3) is 0 Å². The van der Waals surface area contributed by atoms with E-state index in [4.69, 9.17) is 0 Å². The van der Waals surface area contributed by atoms with Gasteiger partial charge in [-0.25, -0.2) is 0 Å². The zero-order valence-electron chi connectivity index (χ0n) is 25.1. The molecule has 2 heterocycles. The summed E-state index contributed by atoms with van der Waals surface area (Å²) in [6, 6.07) is 61.6. The van der Waals surface area contributed by atoms with E-state index in [1.807, 2.05) is 11.3 Å². The van der Waals surface area contributed by atoms with Crippen LogP contribution in [0.15, 0.2) is 176 Å². The molecule has 0 radical (unpaired) electrons. The Kier molecular flexibility index (Phi) is 6.40. The van der Waals surface area contributed by atoms with Crippen LogP contribution in [0.25, 0.3) is 81.3 Å². The van der Waals surface area contributed by atoms with Crippen molar-refractivity contribution in [3.63, 3.8) is 0 Å². The van der Waals surface area contributed by atoms with Gasteiger partial charge >= 0.3 is 0 Å². The van der Waals surface area contributed by atoms with Crippen LogP contribution < -0.4 is 0 Å². The summed E-state index contributed by atoms with van der Waals surface area (Å²) in [5, 5.41) is 3.89. The highest BCUT2D eigenvalue weighted by Crippen LogP contribution is 2.39. The Morgan fingerprint density at radius 2 is 0.783 bits per heavy atom. The lowest BCUT2D eigenvalue weighted by molar-refractivity contribution is 1.13. The monoisotopic (exact) mass is 603 g/mol. The largest absolute Gasteiger partial charge is 0.316 e. The summed E-state index contributed by atoms with van der Waals surface area (Å²) >= 11 is 1.87. The fraction of sp³-hybridized carbons (Fsp3) is 0. The van der Waals surface area contributed by atoms with E-state index in [1.165, 1.54) is 75.6 Å². The Balaban J connectivity index is 1.12. The predicted molar refractivity (Wildman–Crippen MR) is 198 cm³/mol. The van der Waals surface area contributed by atoms with Gasteiger partial charge in [-0.15, -0.1) is 11.3 Å². The molecule has 9 rings (SSSR count). The number of hydrogen-bond acceptors (Lipinski definition) is 1. The molecule has 2 aromatic heterocycles. The maximum atomic E-state index is 2.36. The van der Waals surface area contributed by atoms with Gasteiger partial charge in [0, 0.05) is 43.0 Å². The lowest BCUT2D eigenvalue weighted by Crippen LogP contribution is -1.92. The van der Waals surface area contributed by atoms with Gasteiger partial charge in [0.2, 0.25) is 0 Å². The van der Waals surface area contributed by atoms with Gasteiger partial charge in [-0.3, -0.25) is 0 Å². The van der Waals surface area contributed by atoms with E-state index in [-0.39, 0.29) is 0 Å². The number of fused-ring (bicyclic) bond motifs is 4. The van der Waals surface area contributed by atoms with Crippen molar-refractivity contribution >= 4 is 42.4 Å². The minimum absolute atomic E-state index is 1.15. The van der Waals surface area contributed by atoms with Crippen LogP contribution in [0.4, 0.5) is 0 Å². The van der Waals surface area contributed by atoms with Crippen molar-refractivity contribution in [1.82, 2.24) is 4.57 Å². The molecule has 0 amide bonds. The quantitative estimate of drug-likeness (QED) is 0.184. The van der Waals surface area contributed by atoms with Crippen LogP contribution in [0.1, 0.15) is 0 Å². The summed E-state index contributed by atoms with van der Waals surface area (Å²) in [6.07, 6.45) is 2.29. The molecule has 7 aromatic carbocycles. The second-order valence-electron chi connectivity index (χ2n) is 11.8. The summed E-state index contributed by atoms with van der Waals surface area (Å²) in [6.45, 7) is 0. The Morgan fingerprint density at radius 1 is 0.348 bits per heavy atom. The number of nitrogens with zero attached hydrogens (tertiary/aromatic N) is 1. The highest BCUT2D eigenvalue weighted by Gasteiger charge is 2.14. The van der Waals surface area contributed by atoms with Crippen LogP contribution in [-0.2, 0) is 0 Å². The van der Waals surface area contributed by atoms with Gasteiger partial charge in [-0.2, -0.15) is 0 Å². The molecule has 0 unspecified atom stereocenters. The van der Waals surface area contributed by atoms with Crippen molar-refractivity contribution in [2.75, 3.05) is 0 Å². The predicted octanol–water partition coefficient (Wildman–Crippen LogP) is 12.7. The van der Waals surface area contributed by atoms with E-state index in [9.17, 15) is 0 Å². The molecule has 0 saturated heterocycles. The van der Waals surface area contributed by atoms with Crippen LogP contribution in [0.5, 0.6) is 0 Å². The maximum absolute atomic E-state index is 2.36. The second-order valence-corrected chi connectivity index (χ2v) is 12.9. The first-order chi connectivity index (χ1) is 22.8. The molecule has 0 aliphatic heterocycles. The van der Waals surface area contributed by atoms with Crippen LogP contribution in [0.2, 0.25) is 0 Å². The first-order valence-electron chi connectivity index (χ1n) is 15.7. The number of aromatic nitrogens is 1. The SMILES string of the molecule is c1ccc(-c2ccc3c(c2)c(-c2ccccc2)cn3-c2ccc(-c3ccc4sc5ccc(-c6ccccc6)cc5c4c3)cc2)cc1. The average molecular weight is 604 g/mol. The summed E-state index contributed by atoms with van der Waals surface area (Å²) in [5.41, 5.74) is 12.2. The molecule has 216 valence electrons. The van der Waals surface area contributed by atoms with E-state index in [0.29, 0.717) is 0 Å². The molecular formula is C44H29NS. The molecule has 0 aliphatic rings.